The Hall–Kier alpha value is -1.27. The third kappa shape index (κ3) is 3.38. The fourth-order valence-corrected chi connectivity index (χ4v) is 4.47. The van der Waals surface area contributed by atoms with E-state index in [9.17, 15) is 13.2 Å². The molecule has 0 unspecified atom stereocenters. The Morgan fingerprint density at radius 3 is 2.45 bits per heavy atom. The fraction of sp³-hybridized carbons (Fsp3) is 0.533. The predicted molar refractivity (Wildman–Crippen MR) is 86.0 cm³/mol. The van der Waals surface area contributed by atoms with E-state index in [1.54, 1.807) is 4.90 Å². The summed E-state index contributed by atoms with van der Waals surface area (Å²) in [6.45, 7) is 0.573. The Morgan fingerprint density at radius 1 is 1.18 bits per heavy atom. The molecule has 7 heteroatoms. The molecule has 1 heterocycles. The van der Waals surface area contributed by atoms with Crippen molar-refractivity contribution in [2.45, 2.75) is 24.8 Å². The summed E-state index contributed by atoms with van der Waals surface area (Å²) in [7, 11) is -2.96. The summed E-state index contributed by atoms with van der Waals surface area (Å²) in [5.74, 6) is 0.515. The van der Waals surface area contributed by atoms with E-state index in [-0.39, 0.29) is 36.7 Å². The Bertz CT molecular complexity index is 657. The van der Waals surface area contributed by atoms with Gasteiger partial charge in [0.2, 0.25) is 0 Å². The van der Waals surface area contributed by atoms with Crippen LogP contribution in [0.2, 0.25) is 5.02 Å². The van der Waals surface area contributed by atoms with Crippen LogP contribution in [0, 0.1) is 0 Å². The minimum Gasteiger partial charge on any atom is -0.335 e. The maximum atomic E-state index is 12.1. The van der Waals surface area contributed by atoms with Gasteiger partial charge in [-0.25, -0.2) is 13.2 Å². The molecule has 120 valence electrons. The van der Waals surface area contributed by atoms with E-state index >= 15 is 0 Å². The lowest BCUT2D eigenvalue weighted by Gasteiger charge is -2.38. The van der Waals surface area contributed by atoms with Gasteiger partial charge in [-0.1, -0.05) is 29.8 Å². The van der Waals surface area contributed by atoms with E-state index in [0.717, 1.165) is 23.4 Å². The number of hydrogen-bond acceptors (Lipinski definition) is 3. The molecule has 0 spiro atoms. The first-order valence-corrected chi connectivity index (χ1v) is 9.65. The second-order valence-corrected chi connectivity index (χ2v) is 8.69. The molecule has 2 fully saturated rings. The molecule has 1 N–H and O–H groups in total. The summed E-state index contributed by atoms with van der Waals surface area (Å²) in [4.78, 5) is 13.7. The van der Waals surface area contributed by atoms with Crippen LogP contribution < -0.4 is 5.32 Å². The third-order valence-electron chi connectivity index (χ3n) is 4.44. The van der Waals surface area contributed by atoms with Gasteiger partial charge < -0.3 is 10.2 Å². The number of urea groups is 1. The van der Waals surface area contributed by atoms with Crippen LogP contribution in [0.5, 0.6) is 0 Å². The summed E-state index contributed by atoms with van der Waals surface area (Å²) in [6, 6.07) is 7.79. The Labute approximate surface area is 135 Å². The molecule has 1 saturated carbocycles. The minimum atomic E-state index is -2.96. The maximum absolute atomic E-state index is 12.1. The first kappa shape index (κ1) is 15.6. The van der Waals surface area contributed by atoms with E-state index < -0.39 is 9.84 Å². The highest BCUT2D eigenvalue weighted by molar-refractivity contribution is 7.91. The fourth-order valence-electron chi connectivity index (χ4n) is 2.98. The molecule has 0 radical (unpaired) electrons. The molecule has 0 atom stereocenters. The van der Waals surface area contributed by atoms with Crippen molar-refractivity contribution in [3.63, 3.8) is 0 Å². The molecule has 1 aliphatic carbocycles. The summed E-state index contributed by atoms with van der Waals surface area (Å²) in [6.07, 6.45) is 1.75. The summed E-state index contributed by atoms with van der Waals surface area (Å²) >= 11 is 6.18. The highest BCUT2D eigenvalue weighted by Gasteiger charge is 2.34. The molecular formula is C15H19ClN2O3S. The summed E-state index contributed by atoms with van der Waals surface area (Å²) in [5.41, 5.74) is 1.14. The number of sulfone groups is 1. The topological polar surface area (TPSA) is 66.5 Å². The summed E-state index contributed by atoms with van der Waals surface area (Å²) < 4.78 is 22.7. The van der Waals surface area contributed by atoms with Gasteiger partial charge in [0, 0.05) is 24.2 Å². The van der Waals surface area contributed by atoms with Crippen molar-refractivity contribution in [1.29, 1.82) is 0 Å². The molecule has 1 aliphatic heterocycles. The zero-order valence-corrected chi connectivity index (χ0v) is 13.7. The van der Waals surface area contributed by atoms with Crippen molar-refractivity contribution >= 4 is 27.5 Å². The molecule has 0 aromatic heterocycles. The molecule has 1 aromatic rings. The van der Waals surface area contributed by atoms with Gasteiger partial charge in [-0.05, 0) is 30.4 Å². The second-order valence-electron chi connectivity index (χ2n) is 5.98. The zero-order chi connectivity index (χ0) is 15.7. The standard InChI is InChI=1S/C15H19ClN2O3S/c16-14-4-2-1-3-13(14)11-9-12(10-11)17-15(19)18-5-7-22(20,21)8-6-18/h1-4,11-12H,5-10H2,(H,17,19). The van der Waals surface area contributed by atoms with Crippen molar-refractivity contribution in [3.05, 3.63) is 34.9 Å². The largest absolute Gasteiger partial charge is 0.335 e. The first-order chi connectivity index (χ1) is 10.4. The minimum absolute atomic E-state index is 0.0628. The van der Waals surface area contributed by atoms with Gasteiger partial charge in [-0.2, -0.15) is 0 Å². The maximum Gasteiger partial charge on any atom is 0.317 e. The van der Waals surface area contributed by atoms with Crippen LogP contribution in [0.15, 0.2) is 24.3 Å². The number of rotatable bonds is 2. The van der Waals surface area contributed by atoms with Gasteiger partial charge in [-0.15, -0.1) is 0 Å². The molecule has 22 heavy (non-hydrogen) atoms. The van der Waals surface area contributed by atoms with Crippen LogP contribution in [0.3, 0.4) is 0 Å². The van der Waals surface area contributed by atoms with Crippen molar-refractivity contribution in [3.8, 4) is 0 Å². The Morgan fingerprint density at radius 2 is 1.82 bits per heavy atom. The third-order valence-corrected chi connectivity index (χ3v) is 6.40. The monoisotopic (exact) mass is 342 g/mol. The van der Waals surface area contributed by atoms with Crippen molar-refractivity contribution in [2.75, 3.05) is 24.6 Å². The molecule has 1 saturated heterocycles. The summed E-state index contributed by atoms with van der Waals surface area (Å²) in [5, 5.41) is 3.76. The van der Waals surface area contributed by atoms with Crippen molar-refractivity contribution < 1.29 is 13.2 Å². The highest BCUT2D eigenvalue weighted by Crippen LogP contribution is 2.39. The van der Waals surface area contributed by atoms with E-state index in [0.29, 0.717) is 5.92 Å². The second kappa shape index (κ2) is 6.08. The van der Waals surface area contributed by atoms with E-state index in [1.165, 1.54) is 0 Å². The van der Waals surface area contributed by atoms with Crippen LogP contribution in [0.25, 0.3) is 0 Å². The zero-order valence-electron chi connectivity index (χ0n) is 12.2. The van der Waals surface area contributed by atoms with Crippen LogP contribution in [-0.4, -0.2) is 50.0 Å². The van der Waals surface area contributed by atoms with Crippen LogP contribution in [-0.2, 0) is 9.84 Å². The van der Waals surface area contributed by atoms with Gasteiger partial charge in [0.05, 0.1) is 11.5 Å². The van der Waals surface area contributed by atoms with Crippen molar-refractivity contribution in [1.82, 2.24) is 10.2 Å². The Balaban J connectivity index is 1.48. The molecule has 5 nitrogen and oxygen atoms in total. The number of nitrogens with zero attached hydrogens (tertiary/aromatic N) is 1. The van der Waals surface area contributed by atoms with E-state index in [4.69, 9.17) is 11.6 Å². The molecular weight excluding hydrogens is 324 g/mol. The van der Waals surface area contributed by atoms with Crippen LogP contribution in [0.4, 0.5) is 4.79 Å². The highest BCUT2D eigenvalue weighted by atomic mass is 35.5. The molecule has 1 aromatic carbocycles. The quantitative estimate of drug-likeness (QED) is 0.894. The molecule has 2 aliphatic rings. The Kier molecular flexibility index (Phi) is 4.32. The van der Waals surface area contributed by atoms with E-state index in [2.05, 4.69) is 5.32 Å². The van der Waals surface area contributed by atoms with Crippen LogP contribution >= 0.6 is 11.6 Å². The molecule has 2 amide bonds. The van der Waals surface area contributed by atoms with Gasteiger partial charge in [-0.3, -0.25) is 0 Å². The number of benzene rings is 1. The predicted octanol–water partition coefficient (Wildman–Crippen LogP) is 2.03. The number of nitrogens with one attached hydrogen (secondary N) is 1. The average Bonchev–Trinajstić information content (AvgIpc) is 2.43. The molecule has 0 bridgehead atoms. The van der Waals surface area contributed by atoms with Gasteiger partial charge in [0.1, 0.15) is 0 Å². The molecule has 3 rings (SSSR count). The smallest absolute Gasteiger partial charge is 0.317 e. The number of carbonyl (C=O) groups excluding carboxylic acids is 1. The first-order valence-electron chi connectivity index (χ1n) is 7.45. The lowest BCUT2D eigenvalue weighted by molar-refractivity contribution is 0.186. The SMILES string of the molecule is O=C(NC1CC(c2ccccc2Cl)C1)N1CCS(=O)(=O)CC1. The lowest BCUT2D eigenvalue weighted by atomic mass is 9.76. The number of hydrogen-bond donors (Lipinski definition) is 1. The van der Waals surface area contributed by atoms with E-state index in [1.807, 2.05) is 24.3 Å². The normalized spacial score (nSPS) is 27.0. The van der Waals surface area contributed by atoms with Gasteiger partial charge in [0.25, 0.3) is 0 Å². The number of carbonyl (C=O) groups is 1. The number of halogens is 1. The average molecular weight is 343 g/mol. The lowest BCUT2D eigenvalue weighted by Crippen LogP contribution is -2.53. The van der Waals surface area contributed by atoms with Gasteiger partial charge >= 0.3 is 6.03 Å². The van der Waals surface area contributed by atoms with Gasteiger partial charge in [0.15, 0.2) is 9.84 Å². The number of amides is 2. The van der Waals surface area contributed by atoms with Crippen LogP contribution in [0.1, 0.15) is 24.3 Å². The van der Waals surface area contributed by atoms with Crippen molar-refractivity contribution in [2.24, 2.45) is 0 Å².